The van der Waals surface area contributed by atoms with Crippen LogP contribution in [0.5, 0.6) is 0 Å². The van der Waals surface area contributed by atoms with E-state index in [0.29, 0.717) is 16.7 Å². The standard InChI is InChI=1S/C20H17F3N2OS/c1-12(2)13-6-8-14(9-7-13)17-11-27-19(24-17)25-18(26)15-4-3-5-16(10-15)20(21,22)23/h3-12H,1-2H3,(H,24,25,26). The Kier molecular flexibility index (Phi) is 5.32. The van der Waals surface area contributed by atoms with E-state index < -0.39 is 17.6 Å². The minimum atomic E-state index is -4.49. The quantitative estimate of drug-likeness (QED) is 0.576. The van der Waals surface area contributed by atoms with E-state index in [2.05, 4.69) is 24.1 Å². The number of carbonyl (C=O) groups excluding carboxylic acids is 1. The topological polar surface area (TPSA) is 42.0 Å². The lowest BCUT2D eigenvalue weighted by molar-refractivity contribution is -0.137. The number of amides is 1. The van der Waals surface area contributed by atoms with Gasteiger partial charge < -0.3 is 0 Å². The molecule has 2 aromatic carbocycles. The normalized spacial score (nSPS) is 11.6. The van der Waals surface area contributed by atoms with E-state index in [-0.39, 0.29) is 5.56 Å². The van der Waals surface area contributed by atoms with Gasteiger partial charge in [-0.1, -0.05) is 44.2 Å². The molecule has 0 bridgehead atoms. The highest BCUT2D eigenvalue weighted by Gasteiger charge is 2.30. The highest BCUT2D eigenvalue weighted by Crippen LogP contribution is 2.30. The van der Waals surface area contributed by atoms with Gasteiger partial charge in [0.2, 0.25) is 0 Å². The molecule has 140 valence electrons. The molecular weight excluding hydrogens is 373 g/mol. The monoisotopic (exact) mass is 390 g/mol. The molecule has 1 amide bonds. The van der Waals surface area contributed by atoms with E-state index >= 15 is 0 Å². The number of alkyl halides is 3. The summed E-state index contributed by atoms with van der Waals surface area (Å²) in [5.41, 5.74) is 1.90. The second-order valence-electron chi connectivity index (χ2n) is 6.35. The molecule has 0 aliphatic rings. The molecule has 0 saturated carbocycles. The van der Waals surface area contributed by atoms with Crippen LogP contribution >= 0.6 is 11.3 Å². The second-order valence-corrected chi connectivity index (χ2v) is 7.21. The highest BCUT2D eigenvalue weighted by atomic mass is 32.1. The summed E-state index contributed by atoms with van der Waals surface area (Å²) in [5, 5.41) is 4.69. The molecule has 3 aromatic rings. The maximum absolute atomic E-state index is 12.8. The molecule has 0 fully saturated rings. The van der Waals surface area contributed by atoms with Crippen molar-refractivity contribution in [1.82, 2.24) is 4.98 Å². The van der Waals surface area contributed by atoms with Crippen molar-refractivity contribution in [2.75, 3.05) is 5.32 Å². The van der Waals surface area contributed by atoms with Crippen molar-refractivity contribution in [3.05, 3.63) is 70.6 Å². The first-order chi connectivity index (χ1) is 12.7. The largest absolute Gasteiger partial charge is 0.416 e. The first kappa shape index (κ1) is 19.1. The fourth-order valence-electron chi connectivity index (χ4n) is 2.51. The van der Waals surface area contributed by atoms with Crippen LogP contribution in [-0.2, 0) is 6.18 Å². The fraction of sp³-hybridized carbons (Fsp3) is 0.200. The number of hydrogen-bond donors (Lipinski definition) is 1. The molecule has 3 nitrogen and oxygen atoms in total. The van der Waals surface area contributed by atoms with Gasteiger partial charge in [0.15, 0.2) is 5.13 Å². The average Bonchev–Trinajstić information content (AvgIpc) is 3.09. The molecule has 1 heterocycles. The lowest BCUT2D eigenvalue weighted by atomic mass is 10.0. The molecular formula is C20H17F3N2OS. The molecule has 0 unspecified atom stereocenters. The number of nitrogens with one attached hydrogen (secondary N) is 1. The molecule has 7 heteroatoms. The third-order valence-corrected chi connectivity index (χ3v) is 4.81. The van der Waals surface area contributed by atoms with Gasteiger partial charge in [0.1, 0.15) is 0 Å². The highest BCUT2D eigenvalue weighted by molar-refractivity contribution is 7.14. The summed E-state index contributed by atoms with van der Waals surface area (Å²) in [6, 6.07) is 12.3. The molecule has 0 spiro atoms. The van der Waals surface area contributed by atoms with Crippen LogP contribution in [0.4, 0.5) is 18.3 Å². The van der Waals surface area contributed by atoms with Crippen molar-refractivity contribution in [2.45, 2.75) is 25.9 Å². The Morgan fingerprint density at radius 1 is 1.11 bits per heavy atom. The number of nitrogens with zero attached hydrogens (tertiary/aromatic N) is 1. The van der Waals surface area contributed by atoms with E-state index in [1.54, 1.807) is 5.38 Å². The maximum Gasteiger partial charge on any atom is 0.416 e. The Hall–Kier alpha value is -2.67. The molecule has 0 saturated heterocycles. The average molecular weight is 390 g/mol. The summed E-state index contributed by atoms with van der Waals surface area (Å²) in [6.07, 6.45) is -4.49. The molecule has 27 heavy (non-hydrogen) atoms. The molecule has 1 aromatic heterocycles. The summed E-state index contributed by atoms with van der Waals surface area (Å²) < 4.78 is 38.4. The summed E-state index contributed by atoms with van der Waals surface area (Å²) in [6.45, 7) is 4.22. The Labute approximate surface area is 158 Å². The van der Waals surface area contributed by atoms with E-state index in [1.807, 2.05) is 24.3 Å². The van der Waals surface area contributed by atoms with Crippen LogP contribution in [0.15, 0.2) is 53.9 Å². The van der Waals surface area contributed by atoms with Gasteiger partial charge in [0, 0.05) is 16.5 Å². The molecule has 0 radical (unpaired) electrons. The zero-order valence-electron chi connectivity index (χ0n) is 14.7. The second kappa shape index (κ2) is 7.52. The maximum atomic E-state index is 12.8. The number of hydrogen-bond acceptors (Lipinski definition) is 3. The zero-order chi connectivity index (χ0) is 19.6. The minimum absolute atomic E-state index is 0.0668. The van der Waals surface area contributed by atoms with E-state index in [0.717, 1.165) is 17.7 Å². The van der Waals surface area contributed by atoms with Crippen LogP contribution < -0.4 is 5.32 Å². The van der Waals surface area contributed by atoms with Crippen LogP contribution in [0, 0.1) is 0 Å². The van der Waals surface area contributed by atoms with Gasteiger partial charge in [0.25, 0.3) is 5.91 Å². The predicted molar refractivity (Wildman–Crippen MR) is 101 cm³/mol. The SMILES string of the molecule is CC(C)c1ccc(-c2csc(NC(=O)c3cccc(C(F)(F)F)c3)n2)cc1. The summed E-state index contributed by atoms with van der Waals surface area (Å²) in [4.78, 5) is 16.6. The Balaban J connectivity index is 1.75. The number of thiazole rings is 1. The molecule has 3 rings (SSSR count). The summed E-state index contributed by atoms with van der Waals surface area (Å²) in [7, 11) is 0. The van der Waals surface area contributed by atoms with Crippen LogP contribution in [0.2, 0.25) is 0 Å². The number of anilines is 1. The van der Waals surface area contributed by atoms with Gasteiger partial charge in [-0.15, -0.1) is 11.3 Å². The lowest BCUT2D eigenvalue weighted by Crippen LogP contribution is -2.13. The van der Waals surface area contributed by atoms with Gasteiger partial charge in [0.05, 0.1) is 11.3 Å². The van der Waals surface area contributed by atoms with Gasteiger partial charge in [-0.3, -0.25) is 10.1 Å². The fourth-order valence-corrected chi connectivity index (χ4v) is 3.22. The van der Waals surface area contributed by atoms with Crippen molar-refractivity contribution < 1.29 is 18.0 Å². The van der Waals surface area contributed by atoms with Crippen molar-refractivity contribution in [2.24, 2.45) is 0 Å². The van der Waals surface area contributed by atoms with Crippen molar-refractivity contribution in [3.8, 4) is 11.3 Å². The molecule has 0 aliphatic carbocycles. The van der Waals surface area contributed by atoms with Crippen LogP contribution in [-0.4, -0.2) is 10.9 Å². The first-order valence-electron chi connectivity index (χ1n) is 8.28. The van der Waals surface area contributed by atoms with Crippen molar-refractivity contribution in [1.29, 1.82) is 0 Å². The molecule has 1 N–H and O–H groups in total. The molecule has 0 atom stereocenters. The number of carbonyl (C=O) groups is 1. The Bertz CT molecular complexity index is 946. The number of aromatic nitrogens is 1. The van der Waals surface area contributed by atoms with Gasteiger partial charge in [-0.05, 0) is 29.7 Å². The number of halogens is 3. The van der Waals surface area contributed by atoms with E-state index in [9.17, 15) is 18.0 Å². The van der Waals surface area contributed by atoms with Gasteiger partial charge in [-0.25, -0.2) is 4.98 Å². The third kappa shape index (κ3) is 4.54. The smallest absolute Gasteiger partial charge is 0.298 e. The molecule has 0 aliphatic heterocycles. The third-order valence-electron chi connectivity index (χ3n) is 4.05. The number of benzene rings is 2. The lowest BCUT2D eigenvalue weighted by Gasteiger charge is -2.08. The zero-order valence-corrected chi connectivity index (χ0v) is 15.5. The minimum Gasteiger partial charge on any atom is -0.298 e. The first-order valence-corrected chi connectivity index (χ1v) is 9.16. The van der Waals surface area contributed by atoms with E-state index in [4.69, 9.17) is 0 Å². The summed E-state index contributed by atoms with van der Waals surface area (Å²) in [5.74, 6) is -0.200. The van der Waals surface area contributed by atoms with Crippen molar-refractivity contribution >= 4 is 22.4 Å². The van der Waals surface area contributed by atoms with Gasteiger partial charge >= 0.3 is 6.18 Å². The predicted octanol–water partition coefficient (Wildman–Crippen LogP) is 6.20. The van der Waals surface area contributed by atoms with Crippen LogP contribution in [0.3, 0.4) is 0 Å². The van der Waals surface area contributed by atoms with Crippen LogP contribution in [0.1, 0.15) is 41.3 Å². The Morgan fingerprint density at radius 2 is 1.81 bits per heavy atom. The number of rotatable bonds is 4. The van der Waals surface area contributed by atoms with Crippen LogP contribution in [0.25, 0.3) is 11.3 Å². The van der Waals surface area contributed by atoms with E-state index in [1.165, 1.54) is 29.0 Å². The van der Waals surface area contributed by atoms with Gasteiger partial charge in [-0.2, -0.15) is 13.2 Å². The van der Waals surface area contributed by atoms with Crippen molar-refractivity contribution in [3.63, 3.8) is 0 Å². The Morgan fingerprint density at radius 3 is 2.44 bits per heavy atom. The summed E-state index contributed by atoms with van der Waals surface area (Å²) >= 11 is 1.22.